The van der Waals surface area contributed by atoms with Crippen molar-refractivity contribution in [2.75, 3.05) is 20.2 Å². The highest BCUT2D eigenvalue weighted by Crippen LogP contribution is 2.40. The molecule has 2 atom stereocenters. The molecule has 11 nitrogen and oxygen atoms in total. The van der Waals surface area contributed by atoms with Gasteiger partial charge in [0, 0.05) is 18.7 Å². The normalized spacial score (nSPS) is 14.4. The third-order valence-electron chi connectivity index (χ3n) is 12.7. The van der Waals surface area contributed by atoms with E-state index in [1.54, 1.807) is 42.5 Å². The van der Waals surface area contributed by atoms with Gasteiger partial charge in [-0.3, -0.25) is 14.5 Å². The van der Waals surface area contributed by atoms with Crippen LogP contribution in [0.5, 0.6) is 28.7 Å². The van der Waals surface area contributed by atoms with Crippen LogP contribution in [0.15, 0.2) is 206 Å². The fraction of sp³-hybridized carbons (Fsp3) is 0.190. The van der Waals surface area contributed by atoms with Crippen LogP contribution in [0.2, 0.25) is 0 Å². The SMILES string of the molecule is COc1cccc(OCc2ccccc2)c1C(=O)c1c(OCc2ccccc2)cc(C(=O)O[C@@H]2CCCN(Cc3ccccc3)C[C@H]2NC(=O)c2ccc(OCc3ccccc3)cc2)cc1OCc1ccccc1. The van der Waals surface area contributed by atoms with E-state index in [2.05, 4.69) is 22.3 Å². The number of methoxy groups -OCH3 is 1. The van der Waals surface area contributed by atoms with Crippen molar-refractivity contribution in [2.24, 2.45) is 0 Å². The molecular formula is C63H58N2O9. The van der Waals surface area contributed by atoms with Gasteiger partial charge in [-0.25, -0.2) is 4.79 Å². The van der Waals surface area contributed by atoms with Gasteiger partial charge < -0.3 is 33.7 Å². The highest BCUT2D eigenvalue weighted by Gasteiger charge is 2.34. The Bertz CT molecular complexity index is 3020. The molecule has 8 aromatic rings. The Kier molecular flexibility index (Phi) is 17.1. The fourth-order valence-corrected chi connectivity index (χ4v) is 8.89. The molecule has 1 aliphatic heterocycles. The molecule has 1 saturated heterocycles. The summed E-state index contributed by atoms with van der Waals surface area (Å²) in [6, 6.07) is 63.4. The average molecular weight is 987 g/mol. The van der Waals surface area contributed by atoms with E-state index in [0.29, 0.717) is 56.1 Å². The minimum atomic E-state index is -0.734. The number of hydrogen-bond acceptors (Lipinski definition) is 10. The zero-order chi connectivity index (χ0) is 50.9. The number of likely N-dealkylation sites (tertiary alicyclic amines) is 1. The van der Waals surface area contributed by atoms with E-state index in [1.165, 1.54) is 19.2 Å². The lowest BCUT2D eigenvalue weighted by Gasteiger charge is -2.29. The zero-order valence-corrected chi connectivity index (χ0v) is 41.3. The standard InChI is InChI=1S/C63H58N2O9/c1-69-55-29-17-30-56(71-42-47-23-11-4-12-24-47)59(55)61(66)60-57(72-43-48-25-13-5-14-26-48)37-51(38-58(60)73-44-49-27-15-6-16-28-49)63(68)74-54-31-18-36-65(39-45-19-7-2-8-20-45)40-53(54)64-62(67)50-32-34-52(35-33-50)70-41-46-21-9-3-10-22-46/h2-17,19-30,32-35,37-38,53-54H,18,31,36,39-44H2,1H3,(H,64,67)/t53-,54-/m1/s1. The summed E-state index contributed by atoms with van der Waals surface area (Å²) in [5.41, 5.74) is 5.49. The molecule has 74 heavy (non-hydrogen) atoms. The molecule has 1 aliphatic rings. The number of ketones is 1. The van der Waals surface area contributed by atoms with E-state index >= 15 is 4.79 Å². The molecule has 9 rings (SSSR count). The first kappa shape index (κ1) is 50.3. The molecule has 0 saturated carbocycles. The number of ether oxygens (including phenoxy) is 6. The molecular weight excluding hydrogens is 929 g/mol. The van der Waals surface area contributed by atoms with Crippen LogP contribution in [0.25, 0.3) is 0 Å². The molecule has 1 heterocycles. The quantitative estimate of drug-likeness (QED) is 0.0550. The number of carbonyl (C=O) groups excluding carboxylic acids is 3. The van der Waals surface area contributed by atoms with Gasteiger partial charge in [0.25, 0.3) is 5.91 Å². The van der Waals surface area contributed by atoms with Gasteiger partial charge in [0.1, 0.15) is 72.4 Å². The van der Waals surface area contributed by atoms with Gasteiger partial charge in [0.2, 0.25) is 5.78 Å². The number of hydrogen-bond donors (Lipinski definition) is 1. The van der Waals surface area contributed by atoms with Crippen molar-refractivity contribution >= 4 is 17.7 Å². The Labute approximate surface area is 432 Å². The van der Waals surface area contributed by atoms with Crippen molar-refractivity contribution in [3.05, 3.63) is 256 Å². The Morgan fingerprint density at radius 1 is 0.500 bits per heavy atom. The van der Waals surface area contributed by atoms with Crippen LogP contribution in [0.3, 0.4) is 0 Å². The summed E-state index contributed by atoms with van der Waals surface area (Å²) in [6.07, 6.45) is 0.434. The number of esters is 1. The summed E-state index contributed by atoms with van der Waals surface area (Å²) in [4.78, 5) is 46.7. The lowest BCUT2D eigenvalue weighted by molar-refractivity contribution is 0.0174. The number of nitrogens with one attached hydrogen (secondary N) is 1. The molecule has 1 N–H and O–H groups in total. The smallest absolute Gasteiger partial charge is 0.338 e. The minimum Gasteiger partial charge on any atom is -0.496 e. The topological polar surface area (TPSA) is 122 Å². The van der Waals surface area contributed by atoms with Crippen molar-refractivity contribution < 1.29 is 42.8 Å². The van der Waals surface area contributed by atoms with E-state index in [-0.39, 0.29) is 59.7 Å². The van der Waals surface area contributed by atoms with Crippen LogP contribution in [-0.4, -0.2) is 54.9 Å². The fourth-order valence-electron chi connectivity index (χ4n) is 8.89. The molecule has 8 aromatic carbocycles. The number of carbonyl (C=O) groups is 3. The molecule has 1 fully saturated rings. The third-order valence-corrected chi connectivity index (χ3v) is 12.7. The van der Waals surface area contributed by atoms with E-state index in [1.807, 2.05) is 140 Å². The van der Waals surface area contributed by atoms with Crippen LogP contribution >= 0.6 is 0 Å². The predicted octanol–water partition coefficient (Wildman–Crippen LogP) is 11.9. The maximum Gasteiger partial charge on any atom is 0.338 e. The first-order chi connectivity index (χ1) is 36.4. The van der Waals surface area contributed by atoms with Gasteiger partial charge in [0.15, 0.2) is 0 Å². The Hall–Kier alpha value is -8.67. The van der Waals surface area contributed by atoms with Gasteiger partial charge in [-0.1, -0.05) is 158 Å². The van der Waals surface area contributed by atoms with Crippen molar-refractivity contribution in [2.45, 2.75) is 58.0 Å². The van der Waals surface area contributed by atoms with Gasteiger partial charge in [-0.15, -0.1) is 0 Å². The van der Waals surface area contributed by atoms with Gasteiger partial charge >= 0.3 is 5.97 Å². The summed E-state index contributed by atoms with van der Waals surface area (Å²) in [7, 11) is 1.49. The number of nitrogens with zero attached hydrogens (tertiary/aromatic N) is 1. The minimum absolute atomic E-state index is 0.0646. The molecule has 0 spiro atoms. The molecule has 0 aromatic heterocycles. The molecule has 0 radical (unpaired) electrons. The second-order valence-corrected chi connectivity index (χ2v) is 18.0. The second-order valence-electron chi connectivity index (χ2n) is 18.0. The van der Waals surface area contributed by atoms with Crippen molar-refractivity contribution in [3.8, 4) is 28.7 Å². The van der Waals surface area contributed by atoms with Gasteiger partial charge in [-0.05, 0) is 95.7 Å². The van der Waals surface area contributed by atoms with E-state index in [9.17, 15) is 9.59 Å². The molecule has 11 heteroatoms. The van der Waals surface area contributed by atoms with E-state index in [4.69, 9.17) is 28.4 Å². The van der Waals surface area contributed by atoms with Crippen LogP contribution in [0.4, 0.5) is 0 Å². The molecule has 0 unspecified atom stereocenters. The predicted molar refractivity (Wildman–Crippen MR) is 284 cm³/mol. The molecule has 1 amide bonds. The number of benzene rings is 8. The lowest BCUT2D eigenvalue weighted by Crippen LogP contribution is -2.50. The Morgan fingerprint density at radius 2 is 0.959 bits per heavy atom. The van der Waals surface area contributed by atoms with Crippen LogP contribution in [0, 0.1) is 0 Å². The zero-order valence-electron chi connectivity index (χ0n) is 41.3. The monoisotopic (exact) mass is 986 g/mol. The third kappa shape index (κ3) is 13.4. The summed E-state index contributed by atoms with van der Waals surface area (Å²) in [5.74, 6) is -0.110. The number of rotatable bonds is 21. The Morgan fingerprint density at radius 3 is 1.47 bits per heavy atom. The first-order valence-corrected chi connectivity index (χ1v) is 24.8. The molecule has 374 valence electrons. The first-order valence-electron chi connectivity index (χ1n) is 24.8. The average Bonchev–Trinajstić information content (AvgIpc) is 3.64. The van der Waals surface area contributed by atoms with E-state index < -0.39 is 23.9 Å². The highest BCUT2D eigenvalue weighted by molar-refractivity contribution is 6.16. The summed E-state index contributed by atoms with van der Waals surface area (Å²) < 4.78 is 37.8. The molecule has 0 aliphatic carbocycles. The largest absolute Gasteiger partial charge is 0.496 e. The highest BCUT2D eigenvalue weighted by atomic mass is 16.5. The Balaban J connectivity index is 1.05. The van der Waals surface area contributed by atoms with Crippen molar-refractivity contribution in [1.82, 2.24) is 10.2 Å². The van der Waals surface area contributed by atoms with Crippen LogP contribution < -0.4 is 29.0 Å². The van der Waals surface area contributed by atoms with E-state index in [0.717, 1.165) is 27.8 Å². The van der Waals surface area contributed by atoms with Gasteiger partial charge in [0.05, 0.1) is 18.7 Å². The van der Waals surface area contributed by atoms with Gasteiger partial charge in [-0.2, -0.15) is 0 Å². The summed E-state index contributed by atoms with van der Waals surface area (Å²) >= 11 is 0. The number of amides is 1. The summed E-state index contributed by atoms with van der Waals surface area (Å²) in [5, 5.41) is 3.24. The second kappa shape index (κ2) is 25.1. The summed E-state index contributed by atoms with van der Waals surface area (Å²) in [6.45, 7) is 2.49. The van der Waals surface area contributed by atoms with Crippen molar-refractivity contribution in [1.29, 1.82) is 0 Å². The maximum atomic E-state index is 15.4. The maximum absolute atomic E-state index is 15.4. The lowest BCUT2D eigenvalue weighted by atomic mass is 9.97. The molecule has 0 bridgehead atoms. The van der Waals surface area contributed by atoms with Crippen molar-refractivity contribution in [3.63, 3.8) is 0 Å². The van der Waals surface area contributed by atoms with Crippen LogP contribution in [-0.2, 0) is 37.7 Å². The van der Waals surface area contributed by atoms with Crippen LogP contribution in [0.1, 0.15) is 77.3 Å².